The minimum absolute atomic E-state index is 0.129. The minimum atomic E-state index is -0.804. The third-order valence-electron chi connectivity index (χ3n) is 2.49. The summed E-state index contributed by atoms with van der Waals surface area (Å²) in [4.78, 5) is 10.5. The fourth-order valence-electron chi connectivity index (χ4n) is 1.64. The fraction of sp³-hybridized carbons (Fsp3) is 0.0714. The van der Waals surface area contributed by atoms with Crippen LogP contribution >= 0.6 is 0 Å². The first kappa shape index (κ1) is 12.1. The van der Waals surface area contributed by atoms with Gasteiger partial charge in [0.1, 0.15) is 12.4 Å². The van der Waals surface area contributed by atoms with E-state index in [0.29, 0.717) is 0 Å². The molecule has 18 heavy (non-hydrogen) atoms. The Morgan fingerprint density at radius 1 is 1.11 bits per heavy atom. The van der Waals surface area contributed by atoms with Gasteiger partial charge in [-0.3, -0.25) is 0 Å². The van der Waals surface area contributed by atoms with Crippen molar-refractivity contribution < 1.29 is 13.9 Å². The van der Waals surface area contributed by atoms with Crippen molar-refractivity contribution in [1.29, 1.82) is 0 Å². The van der Waals surface area contributed by atoms with Gasteiger partial charge >= 0.3 is 6.09 Å². The van der Waals surface area contributed by atoms with E-state index in [1.807, 2.05) is 24.3 Å². The minimum Gasteiger partial charge on any atom is -0.445 e. The van der Waals surface area contributed by atoms with Gasteiger partial charge in [-0.15, -0.1) is 0 Å². The van der Waals surface area contributed by atoms with E-state index in [4.69, 9.17) is 10.5 Å². The highest BCUT2D eigenvalue weighted by Gasteiger charge is 2.01. The Kier molecular flexibility index (Phi) is 3.57. The molecule has 0 atom stereocenters. The monoisotopic (exact) mass is 245 g/mol. The highest BCUT2D eigenvalue weighted by molar-refractivity contribution is 5.65. The molecule has 0 heterocycles. The molecule has 2 aromatic rings. The Morgan fingerprint density at radius 2 is 1.83 bits per heavy atom. The molecular weight excluding hydrogens is 233 g/mol. The van der Waals surface area contributed by atoms with Gasteiger partial charge in [-0.25, -0.2) is 9.18 Å². The van der Waals surface area contributed by atoms with Crippen LogP contribution in [0.15, 0.2) is 48.5 Å². The van der Waals surface area contributed by atoms with Crippen molar-refractivity contribution in [2.24, 2.45) is 5.73 Å². The van der Waals surface area contributed by atoms with Crippen LogP contribution in [0.2, 0.25) is 0 Å². The number of primary amides is 1. The summed E-state index contributed by atoms with van der Waals surface area (Å²) >= 11 is 0. The van der Waals surface area contributed by atoms with Crippen molar-refractivity contribution in [2.45, 2.75) is 6.61 Å². The van der Waals surface area contributed by atoms with Crippen molar-refractivity contribution in [1.82, 2.24) is 0 Å². The Labute approximate surface area is 104 Å². The van der Waals surface area contributed by atoms with Crippen LogP contribution < -0.4 is 5.73 Å². The van der Waals surface area contributed by atoms with Gasteiger partial charge in [0.25, 0.3) is 0 Å². The Bertz CT molecular complexity index is 552. The quantitative estimate of drug-likeness (QED) is 0.903. The van der Waals surface area contributed by atoms with E-state index in [-0.39, 0.29) is 12.4 Å². The van der Waals surface area contributed by atoms with Crippen LogP contribution in [0.4, 0.5) is 9.18 Å². The van der Waals surface area contributed by atoms with Gasteiger partial charge in [0, 0.05) is 0 Å². The highest BCUT2D eigenvalue weighted by atomic mass is 19.1. The molecule has 0 fully saturated rings. The number of carbonyl (C=O) groups is 1. The van der Waals surface area contributed by atoms with E-state index in [9.17, 15) is 9.18 Å². The largest absolute Gasteiger partial charge is 0.445 e. The number of nitrogens with two attached hydrogens (primary N) is 1. The number of rotatable bonds is 3. The molecule has 2 N–H and O–H groups in total. The van der Waals surface area contributed by atoms with E-state index in [0.717, 1.165) is 16.7 Å². The maximum Gasteiger partial charge on any atom is 0.404 e. The van der Waals surface area contributed by atoms with E-state index in [1.165, 1.54) is 12.1 Å². The molecule has 0 aliphatic rings. The number of ether oxygens (including phenoxy) is 1. The topological polar surface area (TPSA) is 52.3 Å². The molecule has 0 radical (unpaired) electrons. The van der Waals surface area contributed by atoms with E-state index in [1.54, 1.807) is 12.1 Å². The van der Waals surface area contributed by atoms with E-state index in [2.05, 4.69) is 0 Å². The predicted octanol–water partition coefficient (Wildman–Crippen LogP) is 3.09. The Morgan fingerprint density at radius 3 is 2.50 bits per heavy atom. The number of amides is 1. The van der Waals surface area contributed by atoms with Crippen LogP contribution in [0, 0.1) is 5.82 Å². The lowest BCUT2D eigenvalue weighted by molar-refractivity contribution is 0.150. The molecule has 0 saturated heterocycles. The standard InChI is InChI=1S/C14H12FNO2/c15-13-6-4-11(5-7-13)12-3-1-2-10(8-12)9-18-14(16)17/h1-8H,9H2,(H2,16,17). The first-order valence-electron chi connectivity index (χ1n) is 5.42. The second-order valence-corrected chi connectivity index (χ2v) is 3.81. The average Bonchev–Trinajstić information content (AvgIpc) is 2.37. The van der Waals surface area contributed by atoms with Crippen LogP contribution in [0.3, 0.4) is 0 Å². The molecule has 2 aromatic carbocycles. The second-order valence-electron chi connectivity index (χ2n) is 3.81. The summed E-state index contributed by atoms with van der Waals surface area (Å²) in [5.41, 5.74) is 7.56. The molecular formula is C14H12FNO2. The third kappa shape index (κ3) is 3.07. The second kappa shape index (κ2) is 5.31. The van der Waals surface area contributed by atoms with Crippen molar-refractivity contribution in [3.05, 3.63) is 59.9 Å². The number of hydrogen-bond acceptors (Lipinski definition) is 2. The van der Waals surface area contributed by atoms with E-state index >= 15 is 0 Å². The molecule has 0 spiro atoms. The van der Waals surface area contributed by atoms with Crippen LogP contribution in [-0.2, 0) is 11.3 Å². The molecule has 1 amide bonds. The predicted molar refractivity (Wildman–Crippen MR) is 66.2 cm³/mol. The summed E-state index contributed by atoms with van der Waals surface area (Å²) in [5.74, 6) is -0.271. The smallest absolute Gasteiger partial charge is 0.404 e. The molecule has 2 rings (SSSR count). The molecule has 0 aliphatic carbocycles. The van der Waals surface area contributed by atoms with Gasteiger partial charge in [0.05, 0.1) is 0 Å². The van der Waals surface area contributed by atoms with Crippen molar-refractivity contribution in [2.75, 3.05) is 0 Å². The molecule has 0 bridgehead atoms. The first-order chi connectivity index (χ1) is 8.65. The summed E-state index contributed by atoms with van der Waals surface area (Å²) in [7, 11) is 0. The van der Waals surface area contributed by atoms with Crippen LogP contribution in [-0.4, -0.2) is 6.09 Å². The summed E-state index contributed by atoms with van der Waals surface area (Å²) in [6.45, 7) is 0.129. The zero-order chi connectivity index (χ0) is 13.0. The number of halogens is 1. The van der Waals surface area contributed by atoms with Gasteiger partial charge in [-0.2, -0.15) is 0 Å². The summed E-state index contributed by atoms with van der Waals surface area (Å²) in [6.07, 6.45) is -0.804. The zero-order valence-corrected chi connectivity index (χ0v) is 9.60. The van der Waals surface area contributed by atoms with Gasteiger partial charge in [-0.1, -0.05) is 30.3 Å². The summed E-state index contributed by atoms with van der Waals surface area (Å²) < 4.78 is 17.5. The van der Waals surface area contributed by atoms with Crippen LogP contribution in [0.5, 0.6) is 0 Å². The maximum atomic E-state index is 12.8. The van der Waals surface area contributed by atoms with E-state index < -0.39 is 6.09 Å². The van der Waals surface area contributed by atoms with Crippen molar-refractivity contribution in [3.8, 4) is 11.1 Å². The first-order valence-corrected chi connectivity index (χ1v) is 5.42. The Hall–Kier alpha value is -2.36. The number of hydrogen-bond donors (Lipinski definition) is 1. The van der Waals surface area contributed by atoms with Gasteiger partial charge in [-0.05, 0) is 34.9 Å². The number of carbonyl (C=O) groups excluding carboxylic acids is 1. The highest BCUT2D eigenvalue weighted by Crippen LogP contribution is 2.21. The zero-order valence-electron chi connectivity index (χ0n) is 9.60. The molecule has 4 heteroatoms. The van der Waals surface area contributed by atoms with Crippen molar-refractivity contribution >= 4 is 6.09 Å². The Balaban J connectivity index is 2.21. The van der Waals surface area contributed by atoms with Gasteiger partial charge < -0.3 is 10.5 Å². The molecule has 3 nitrogen and oxygen atoms in total. The SMILES string of the molecule is NC(=O)OCc1cccc(-c2ccc(F)cc2)c1. The molecule has 0 unspecified atom stereocenters. The third-order valence-corrected chi connectivity index (χ3v) is 2.49. The van der Waals surface area contributed by atoms with Crippen LogP contribution in [0.1, 0.15) is 5.56 Å². The van der Waals surface area contributed by atoms with Crippen molar-refractivity contribution in [3.63, 3.8) is 0 Å². The molecule has 0 saturated carbocycles. The lowest BCUT2D eigenvalue weighted by Crippen LogP contribution is -2.12. The maximum absolute atomic E-state index is 12.8. The lowest BCUT2D eigenvalue weighted by atomic mass is 10.0. The molecule has 92 valence electrons. The molecule has 0 aliphatic heterocycles. The van der Waals surface area contributed by atoms with Crippen LogP contribution in [0.25, 0.3) is 11.1 Å². The lowest BCUT2D eigenvalue weighted by Gasteiger charge is -2.05. The molecule has 0 aromatic heterocycles. The summed E-state index contributed by atoms with van der Waals surface area (Å²) in [5, 5.41) is 0. The normalized spacial score (nSPS) is 10.1. The van der Waals surface area contributed by atoms with Gasteiger partial charge in [0.15, 0.2) is 0 Å². The van der Waals surface area contributed by atoms with Gasteiger partial charge in [0.2, 0.25) is 0 Å². The number of benzene rings is 2. The fourth-order valence-corrected chi connectivity index (χ4v) is 1.64. The summed E-state index contributed by atoms with van der Waals surface area (Å²) in [6, 6.07) is 13.7. The average molecular weight is 245 g/mol.